The molecule has 2 aromatic heterocycles. The Balaban J connectivity index is 1.42. The number of hydrogen-bond acceptors (Lipinski definition) is 5. The number of para-hydroxylation sites is 1. The SMILES string of the molecule is CCOc1ccccc1CNC(=O)CCc1nc2sc3c(c2c(=O)[nH]1)CCC(C(C)(C)C)C3. The zero-order valence-corrected chi connectivity index (χ0v) is 20.7. The number of H-pyrrole nitrogens is 1. The highest BCUT2D eigenvalue weighted by molar-refractivity contribution is 7.18. The van der Waals surface area contributed by atoms with Crippen LogP contribution >= 0.6 is 11.3 Å². The first-order valence-electron chi connectivity index (χ1n) is 11.8. The summed E-state index contributed by atoms with van der Waals surface area (Å²) in [5, 5.41) is 3.70. The molecular weight excluding hydrogens is 434 g/mol. The van der Waals surface area contributed by atoms with Crippen LogP contribution in [0.5, 0.6) is 5.75 Å². The average molecular weight is 468 g/mol. The Morgan fingerprint density at radius 2 is 2.09 bits per heavy atom. The van der Waals surface area contributed by atoms with Crippen LogP contribution in [0, 0.1) is 11.3 Å². The molecular formula is C26H33N3O3S. The number of fused-ring (bicyclic) bond motifs is 3. The predicted octanol–water partition coefficient (Wildman–Crippen LogP) is 4.78. The summed E-state index contributed by atoms with van der Waals surface area (Å²) in [5.74, 6) is 1.89. The Kier molecular flexibility index (Phi) is 6.88. The number of carbonyl (C=O) groups excluding carboxylic acids is 1. The van der Waals surface area contributed by atoms with Gasteiger partial charge in [0.15, 0.2) is 0 Å². The third kappa shape index (κ3) is 5.29. The summed E-state index contributed by atoms with van der Waals surface area (Å²) >= 11 is 1.65. The number of amides is 1. The van der Waals surface area contributed by atoms with E-state index in [9.17, 15) is 9.59 Å². The molecule has 1 amide bonds. The van der Waals surface area contributed by atoms with E-state index in [1.807, 2.05) is 31.2 Å². The molecule has 1 aromatic carbocycles. The zero-order chi connectivity index (χ0) is 23.6. The first kappa shape index (κ1) is 23.5. The van der Waals surface area contributed by atoms with Gasteiger partial charge in [0.1, 0.15) is 16.4 Å². The van der Waals surface area contributed by atoms with Crippen molar-refractivity contribution in [2.75, 3.05) is 6.61 Å². The van der Waals surface area contributed by atoms with E-state index in [0.717, 1.165) is 40.8 Å². The monoisotopic (exact) mass is 467 g/mol. The van der Waals surface area contributed by atoms with Crippen LogP contribution in [-0.2, 0) is 30.6 Å². The van der Waals surface area contributed by atoms with Crippen molar-refractivity contribution >= 4 is 27.5 Å². The van der Waals surface area contributed by atoms with Gasteiger partial charge in [-0.05, 0) is 49.1 Å². The molecule has 0 spiro atoms. The predicted molar refractivity (Wildman–Crippen MR) is 133 cm³/mol. The molecule has 1 unspecified atom stereocenters. The molecule has 0 aliphatic heterocycles. The van der Waals surface area contributed by atoms with Crippen molar-refractivity contribution in [2.24, 2.45) is 11.3 Å². The van der Waals surface area contributed by atoms with Crippen molar-refractivity contribution in [2.45, 2.75) is 66.3 Å². The van der Waals surface area contributed by atoms with Crippen LogP contribution in [0.4, 0.5) is 0 Å². The topological polar surface area (TPSA) is 84.1 Å². The molecule has 0 saturated carbocycles. The molecule has 6 nitrogen and oxygen atoms in total. The highest BCUT2D eigenvalue weighted by Crippen LogP contribution is 2.41. The minimum absolute atomic E-state index is 0.0761. The molecule has 4 rings (SSSR count). The molecule has 1 atom stereocenters. The molecule has 2 heterocycles. The molecule has 0 bridgehead atoms. The number of rotatable bonds is 7. The van der Waals surface area contributed by atoms with Gasteiger partial charge >= 0.3 is 0 Å². The van der Waals surface area contributed by atoms with Crippen molar-refractivity contribution in [3.8, 4) is 5.75 Å². The van der Waals surface area contributed by atoms with Crippen LogP contribution in [0.1, 0.15) is 62.4 Å². The van der Waals surface area contributed by atoms with Gasteiger partial charge < -0.3 is 15.0 Å². The first-order valence-corrected chi connectivity index (χ1v) is 12.6. The fourth-order valence-electron chi connectivity index (χ4n) is 4.55. The number of benzene rings is 1. The summed E-state index contributed by atoms with van der Waals surface area (Å²) in [6.07, 6.45) is 3.73. The van der Waals surface area contributed by atoms with E-state index >= 15 is 0 Å². The van der Waals surface area contributed by atoms with Gasteiger partial charge in [-0.25, -0.2) is 4.98 Å². The van der Waals surface area contributed by atoms with Crippen molar-refractivity contribution in [1.29, 1.82) is 0 Å². The van der Waals surface area contributed by atoms with E-state index in [4.69, 9.17) is 9.72 Å². The van der Waals surface area contributed by atoms with Crippen LogP contribution < -0.4 is 15.6 Å². The maximum Gasteiger partial charge on any atom is 0.259 e. The summed E-state index contributed by atoms with van der Waals surface area (Å²) in [4.78, 5) is 35.0. The number of aromatic amines is 1. The molecule has 2 N–H and O–H groups in total. The number of nitrogens with zero attached hydrogens (tertiary/aromatic N) is 1. The van der Waals surface area contributed by atoms with Crippen LogP contribution in [0.15, 0.2) is 29.1 Å². The van der Waals surface area contributed by atoms with Gasteiger partial charge in [-0.3, -0.25) is 9.59 Å². The lowest BCUT2D eigenvalue weighted by atomic mass is 9.72. The number of ether oxygens (including phenoxy) is 1. The molecule has 3 aromatic rings. The minimum Gasteiger partial charge on any atom is -0.494 e. The Bertz CT molecular complexity index is 1210. The third-order valence-corrected chi connectivity index (χ3v) is 7.68. The quantitative estimate of drug-likeness (QED) is 0.524. The second-order valence-electron chi connectivity index (χ2n) is 9.82. The van der Waals surface area contributed by atoms with Gasteiger partial charge in [-0.2, -0.15) is 0 Å². The third-order valence-electron chi connectivity index (χ3n) is 6.53. The molecule has 33 heavy (non-hydrogen) atoms. The van der Waals surface area contributed by atoms with E-state index in [2.05, 4.69) is 31.1 Å². The van der Waals surface area contributed by atoms with Crippen LogP contribution in [0.25, 0.3) is 10.2 Å². The van der Waals surface area contributed by atoms with Crippen molar-refractivity contribution in [1.82, 2.24) is 15.3 Å². The fourth-order valence-corrected chi connectivity index (χ4v) is 5.87. The normalized spacial score (nSPS) is 15.9. The number of aromatic nitrogens is 2. The first-order chi connectivity index (χ1) is 15.8. The largest absolute Gasteiger partial charge is 0.494 e. The zero-order valence-electron chi connectivity index (χ0n) is 19.9. The Hall–Kier alpha value is -2.67. The van der Waals surface area contributed by atoms with Gasteiger partial charge in [-0.15, -0.1) is 11.3 Å². The van der Waals surface area contributed by atoms with Gasteiger partial charge in [0.25, 0.3) is 5.56 Å². The lowest BCUT2D eigenvalue weighted by Crippen LogP contribution is -2.26. The fraction of sp³-hybridized carbons (Fsp3) is 0.500. The second-order valence-corrected chi connectivity index (χ2v) is 10.9. The van der Waals surface area contributed by atoms with Gasteiger partial charge in [0.05, 0.1) is 12.0 Å². The van der Waals surface area contributed by atoms with Crippen molar-refractivity contribution in [3.05, 3.63) is 56.4 Å². The maximum atomic E-state index is 12.9. The summed E-state index contributed by atoms with van der Waals surface area (Å²) in [6.45, 7) is 9.80. The summed E-state index contributed by atoms with van der Waals surface area (Å²) in [7, 11) is 0. The molecule has 176 valence electrons. The molecule has 0 fully saturated rings. The Labute approximate surface area is 198 Å². The Morgan fingerprint density at radius 1 is 1.30 bits per heavy atom. The minimum atomic E-state index is -0.0810. The van der Waals surface area contributed by atoms with Crippen molar-refractivity contribution < 1.29 is 9.53 Å². The Morgan fingerprint density at radius 3 is 2.85 bits per heavy atom. The molecule has 1 aliphatic rings. The molecule has 0 radical (unpaired) electrons. The number of hydrogen-bond donors (Lipinski definition) is 2. The number of nitrogens with one attached hydrogen (secondary N) is 2. The smallest absolute Gasteiger partial charge is 0.259 e. The lowest BCUT2D eigenvalue weighted by molar-refractivity contribution is -0.121. The van der Waals surface area contributed by atoms with Gasteiger partial charge in [0.2, 0.25) is 5.91 Å². The molecule has 0 saturated heterocycles. The summed E-state index contributed by atoms with van der Waals surface area (Å²) < 4.78 is 5.61. The molecule has 7 heteroatoms. The standard InChI is InChI=1S/C26H33N3O3S/c1-5-32-19-9-7-6-8-16(19)15-27-22(30)13-12-21-28-24(31)23-18-11-10-17(26(2,3)4)14-20(18)33-25(23)29-21/h6-9,17H,5,10-15H2,1-4H3,(H,27,30)(H,28,29,31). The van der Waals surface area contributed by atoms with E-state index < -0.39 is 0 Å². The highest BCUT2D eigenvalue weighted by atomic mass is 32.1. The number of aryl methyl sites for hydroxylation is 2. The maximum absolute atomic E-state index is 12.9. The molecule has 1 aliphatic carbocycles. The second kappa shape index (κ2) is 9.67. The van der Waals surface area contributed by atoms with Gasteiger partial charge in [0, 0.05) is 29.8 Å². The van der Waals surface area contributed by atoms with Crippen LogP contribution in [0.3, 0.4) is 0 Å². The number of carbonyl (C=O) groups is 1. The van der Waals surface area contributed by atoms with Gasteiger partial charge in [-0.1, -0.05) is 39.0 Å². The van der Waals surface area contributed by atoms with Crippen LogP contribution in [0.2, 0.25) is 0 Å². The summed E-state index contributed by atoms with van der Waals surface area (Å²) in [6, 6.07) is 7.69. The van der Waals surface area contributed by atoms with Crippen LogP contribution in [-0.4, -0.2) is 22.5 Å². The number of thiophene rings is 1. The lowest BCUT2D eigenvalue weighted by Gasteiger charge is -2.33. The van der Waals surface area contributed by atoms with E-state index in [1.165, 1.54) is 10.4 Å². The highest BCUT2D eigenvalue weighted by Gasteiger charge is 2.31. The van der Waals surface area contributed by atoms with E-state index in [-0.39, 0.29) is 23.3 Å². The van der Waals surface area contributed by atoms with Crippen molar-refractivity contribution in [3.63, 3.8) is 0 Å². The van der Waals surface area contributed by atoms with E-state index in [0.29, 0.717) is 31.3 Å². The average Bonchev–Trinajstić information content (AvgIpc) is 3.15. The van der Waals surface area contributed by atoms with E-state index in [1.54, 1.807) is 11.3 Å². The summed E-state index contributed by atoms with van der Waals surface area (Å²) in [5.41, 5.74) is 2.31.